The Bertz CT molecular complexity index is 663. The maximum atomic E-state index is 12.3. The van der Waals surface area contributed by atoms with Gasteiger partial charge in [-0.15, -0.1) is 0 Å². The van der Waals surface area contributed by atoms with Crippen LogP contribution in [0, 0.1) is 5.41 Å². The second-order valence-corrected chi connectivity index (χ2v) is 7.44. The number of cyclic esters (lactones) is 2. The highest BCUT2D eigenvalue weighted by molar-refractivity contribution is 8.15. The quantitative estimate of drug-likeness (QED) is 0.217. The molecule has 2 N–H and O–H groups in total. The molecule has 1 saturated heterocycles. The number of hydrogen-bond acceptors (Lipinski definition) is 10. The summed E-state index contributed by atoms with van der Waals surface area (Å²) in [7, 11) is 1.10. The second-order valence-electron chi connectivity index (χ2n) is 6.37. The Morgan fingerprint density at radius 2 is 1.82 bits per heavy atom. The number of esters is 3. The summed E-state index contributed by atoms with van der Waals surface area (Å²) in [6, 6.07) is 0. The first-order valence-corrected chi connectivity index (χ1v) is 9.24. The van der Waals surface area contributed by atoms with E-state index in [9.17, 15) is 28.8 Å². The number of carbonyl (C=O) groups excluding carboxylic acids is 6. The molecule has 0 saturated carbocycles. The van der Waals surface area contributed by atoms with Crippen molar-refractivity contribution < 1.29 is 43.0 Å². The average Bonchev–Trinajstić information content (AvgIpc) is 2.75. The Morgan fingerprint density at radius 1 is 1.14 bits per heavy atom. The molecular formula is C16H22N2O9S. The van der Waals surface area contributed by atoms with E-state index in [1.54, 1.807) is 13.8 Å². The first-order chi connectivity index (χ1) is 13.1. The summed E-state index contributed by atoms with van der Waals surface area (Å²) in [5.74, 6) is -4.22. The second kappa shape index (κ2) is 10.6. The molecule has 1 rings (SSSR count). The first kappa shape index (κ1) is 23.4. The van der Waals surface area contributed by atoms with E-state index in [0.29, 0.717) is 11.8 Å². The smallest absolute Gasteiger partial charge is 0.418 e. The van der Waals surface area contributed by atoms with Gasteiger partial charge in [0.15, 0.2) is 6.10 Å². The Labute approximate surface area is 165 Å². The Kier molecular flexibility index (Phi) is 8.89. The molecule has 12 heteroatoms. The van der Waals surface area contributed by atoms with Gasteiger partial charge in [0.25, 0.3) is 11.0 Å². The molecule has 0 aliphatic carbocycles. The third-order valence-corrected chi connectivity index (χ3v) is 4.41. The molecule has 0 unspecified atom stereocenters. The van der Waals surface area contributed by atoms with Gasteiger partial charge in [0.2, 0.25) is 5.91 Å². The lowest BCUT2D eigenvalue weighted by Crippen LogP contribution is -2.47. The highest BCUT2D eigenvalue weighted by Crippen LogP contribution is 2.27. The topological polar surface area (TPSA) is 154 Å². The summed E-state index contributed by atoms with van der Waals surface area (Å²) >= 11 is 0.715. The normalized spacial score (nSPS) is 18.2. The SMILES string of the molecule is COC(=O)C(=O)SCCNC(=O)CCNC(=O)[C@@H]1OC(=O)C(=O)OCC1(C)C. The van der Waals surface area contributed by atoms with Crippen LogP contribution in [0.15, 0.2) is 0 Å². The zero-order valence-corrected chi connectivity index (χ0v) is 16.5. The number of ether oxygens (including phenoxy) is 3. The van der Waals surface area contributed by atoms with Crippen LogP contribution in [0.3, 0.4) is 0 Å². The predicted octanol–water partition coefficient (Wildman–Crippen LogP) is -1.46. The molecule has 1 atom stereocenters. The first-order valence-electron chi connectivity index (χ1n) is 8.25. The molecule has 0 aromatic rings. The van der Waals surface area contributed by atoms with Crippen molar-refractivity contribution in [1.82, 2.24) is 10.6 Å². The molecule has 1 aliphatic heterocycles. The van der Waals surface area contributed by atoms with Crippen LogP contribution in [0.25, 0.3) is 0 Å². The summed E-state index contributed by atoms with van der Waals surface area (Å²) in [5.41, 5.74) is -0.933. The molecule has 28 heavy (non-hydrogen) atoms. The van der Waals surface area contributed by atoms with Crippen LogP contribution in [-0.2, 0) is 43.0 Å². The van der Waals surface area contributed by atoms with Crippen LogP contribution < -0.4 is 10.6 Å². The average molecular weight is 418 g/mol. The van der Waals surface area contributed by atoms with Gasteiger partial charge in [0, 0.05) is 30.7 Å². The minimum absolute atomic E-state index is 0.0299. The number of thioether (sulfide) groups is 1. The number of carbonyl (C=O) groups is 6. The summed E-state index contributed by atoms with van der Waals surface area (Å²) < 4.78 is 13.9. The highest BCUT2D eigenvalue weighted by atomic mass is 32.2. The zero-order chi connectivity index (χ0) is 21.3. The van der Waals surface area contributed by atoms with E-state index >= 15 is 0 Å². The molecule has 11 nitrogen and oxygen atoms in total. The van der Waals surface area contributed by atoms with E-state index in [1.807, 2.05) is 0 Å². The minimum Gasteiger partial charge on any atom is -0.463 e. The third-order valence-electron chi connectivity index (χ3n) is 3.58. The van der Waals surface area contributed by atoms with Crippen LogP contribution in [0.2, 0.25) is 0 Å². The fraction of sp³-hybridized carbons (Fsp3) is 0.625. The molecule has 0 radical (unpaired) electrons. The van der Waals surface area contributed by atoms with E-state index in [2.05, 4.69) is 15.4 Å². The summed E-state index contributed by atoms with van der Waals surface area (Å²) in [5, 5.41) is 4.23. The third kappa shape index (κ3) is 7.18. The standard InChI is InChI=1S/C16H22N2O9S/c1-16(2)8-26-12(21)13(22)27-10(16)11(20)18-5-4-9(19)17-6-7-28-15(24)14(23)25-3/h10H,4-8H2,1-3H3,(H,17,19)(H,18,20)/t10-/m0/s1. The number of methoxy groups -OCH3 is 1. The number of nitrogens with one attached hydrogen (secondary N) is 2. The highest BCUT2D eigenvalue weighted by Gasteiger charge is 2.44. The fourth-order valence-corrected chi connectivity index (χ4v) is 2.66. The molecule has 0 spiro atoms. The van der Waals surface area contributed by atoms with Crippen molar-refractivity contribution in [3.8, 4) is 0 Å². The van der Waals surface area contributed by atoms with Crippen molar-refractivity contribution in [2.75, 3.05) is 32.6 Å². The fourth-order valence-electron chi connectivity index (χ4n) is 2.07. The monoisotopic (exact) mass is 418 g/mol. The van der Waals surface area contributed by atoms with Gasteiger partial charge < -0.3 is 24.8 Å². The molecule has 1 fully saturated rings. The van der Waals surface area contributed by atoms with Crippen molar-refractivity contribution >= 4 is 46.6 Å². The van der Waals surface area contributed by atoms with Crippen molar-refractivity contribution in [2.45, 2.75) is 26.4 Å². The lowest BCUT2D eigenvalue weighted by atomic mass is 9.87. The summed E-state index contributed by atoms with van der Waals surface area (Å²) in [4.78, 5) is 68.8. The molecular weight excluding hydrogens is 396 g/mol. The maximum Gasteiger partial charge on any atom is 0.418 e. The van der Waals surface area contributed by atoms with Crippen LogP contribution in [0.5, 0.6) is 0 Å². The predicted molar refractivity (Wildman–Crippen MR) is 94.7 cm³/mol. The van der Waals surface area contributed by atoms with E-state index in [4.69, 9.17) is 9.47 Å². The van der Waals surface area contributed by atoms with Crippen molar-refractivity contribution in [1.29, 1.82) is 0 Å². The lowest BCUT2D eigenvalue weighted by molar-refractivity contribution is -0.168. The number of hydrogen-bond donors (Lipinski definition) is 2. The Hall–Kier alpha value is -2.63. The van der Waals surface area contributed by atoms with E-state index in [-0.39, 0.29) is 37.8 Å². The van der Waals surface area contributed by atoms with Crippen LogP contribution in [0.4, 0.5) is 0 Å². The van der Waals surface area contributed by atoms with Crippen molar-refractivity contribution in [2.24, 2.45) is 5.41 Å². The molecule has 0 bridgehead atoms. The van der Waals surface area contributed by atoms with Crippen molar-refractivity contribution in [3.05, 3.63) is 0 Å². The van der Waals surface area contributed by atoms with E-state index < -0.39 is 40.4 Å². The van der Waals surface area contributed by atoms with Gasteiger partial charge >= 0.3 is 17.9 Å². The largest absolute Gasteiger partial charge is 0.463 e. The number of rotatable bonds is 7. The van der Waals surface area contributed by atoms with E-state index in [1.165, 1.54) is 0 Å². The maximum absolute atomic E-state index is 12.3. The van der Waals surface area contributed by atoms with Gasteiger partial charge in [-0.25, -0.2) is 14.4 Å². The number of amides is 2. The Morgan fingerprint density at radius 3 is 2.46 bits per heavy atom. The van der Waals surface area contributed by atoms with Gasteiger partial charge in [-0.3, -0.25) is 14.4 Å². The Balaban J connectivity index is 2.34. The van der Waals surface area contributed by atoms with Gasteiger partial charge in [0.05, 0.1) is 7.11 Å². The summed E-state index contributed by atoms with van der Waals surface area (Å²) in [6.07, 6.45) is -1.30. The molecule has 2 amide bonds. The molecule has 1 heterocycles. The molecule has 0 aromatic carbocycles. The van der Waals surface area contributed by atoms with Crippen molar-refractivity contribution in [3.63, 3.8) is 0 Å². The van der Waals surface area contributed by atoms with Crippen LogP contribution in [-0.4, -0.2) is 73.5 Å². The minimum atomic E-state index is -1.25. The van der Waals surface area contributed by atoms with Gasteiger partial charge in [-0.1, -0.05) is 25.6 Å². The van der Waals surface area contributed by atoms with Gasteiger partial charge in [0.1, 0.15) is 6.61 Å². The lowest BCUT2D eigenvalue weighted by Gasteiger charge is -2.28. The van der Waals surface area contributed by atoms with Crippen LogP contribution in [0.1, 0.15) is 20.3 Å². The van der Waals surface area contributed by atoms with Gasteiger partial charge in [-0.2, -0.15) is 0 Å². The van der Waals surface area contributed by atoms with Crippen LogP contribution >= 0.6 is 11.8 Å². The van der Waals surface area contributed by atoms with E-state index in [0.717, 1.165) is 7.11 Å². The zero-order valence-electron chi connectivity index (χ0n) is 15.7. The molecule has 156 valence electrons. The van der Waals surface area contributed by atoms with Gasteiger partial charge in [-0.05, 0) is 0 Å². The molecule has 0 aromatic heterocycles. The summed E-state index contributed by atoms with van der Waals surface area (Å²) in [6.45, 7) is 3.15. The molecule has 1 aliphatic rings.